The van der Waals surface area contributed by atoms with Crippen LogP contribution in [0.4, 0.5) is 5.69 Å². The molecule has 1 aliphatic carbocycles. The highest BCUT2D eigenvalue weighted by Crippen LogP contribution is 2.26. The molecule has 1 saturated heterocycles. The number of carbonyl (C=O) groups excluding carboxylic acids is 1. The third kappa shape index (κ3) is 5.60. The molecular formula is C25H32N2O2. The van der Waals surface area contributed by atoms with Crippen molar-refractivity contribution in [2.24, 2.45) is 5.92 Å². The molecule has 0 atom stereocenters. The number of anilines is 1. The fraction of sp³-hybridized carbons (Fsp3) is 0.480. The maximum Gasteiger partial charge on any atom is 0.227 e. The minimum atomic E-state index is 0.0955. The van der Waals surface area contributed by atoms with Gasteiger partial charge in [0, 0.05) is 18.2 Å². The van der Waals surface area contributed by atoms with Crippen LogP contribution >= 0.6 is 0 Å². The molecule has 2 fully saturated rings. The van der Waals surface area contributed by atoms with E-state index < -0.39 is 0 Å². The normalized spacial score (nSPS) is 18.7. The molecule has 1 saturated carbocycles. The minimum absolute atomic E-state index is 0.0955. The van der Waals surface area contributed by atoms with E-state index in [0.29, 0.717) is 6.10 Å². The molecule has 0 bridgehead atoms. The van der Waals surface area contributed by atoms with Gasteiger partial charge >= 0.3 is 0 Å². The monoisotopic (exact) mass is 392 g/mol. The first-order valence-corrected chi connectivity index (χ1v) is 11.0. The van der Waals surface area contributed by atoms with Crippen molar-refractivity contribution in [3.63, 3.8) is 0 Å². The number of amides is 1. The van der Waals surface area contributed by atoms with E-state index in [0.717, 1.165) is 56.8 Å². The van der Waals surface area contributed by atoms with Gasteiger partial charge in [-0.1, -0.05) is 29.8 Å². The lowest BCUT2D eigenvalue weighted by Crippen LogP contribution is -2.37. The molecular weight excluding hydrogens is 360 g/mol. The van der Waals surface area contributed by atoms with Crippen molar-refractivity contribution in [3.8, 4) is 5.75 Å². The summed E-state index contributed by atoms with van der Waals surface area (Å²) in [5.41, 5.74) is 3.51. The Morgan fingerprint density at radius 3 is 2.45 bits per heavy atom. The topological polar surface area (TPSA) is 41.6 Å². The van der Waals surface area contributed by atoms with Gasteiger partial charge < -0.3 is 10.1 Å². The molecule has 1 amide bonds. The number of nitrogens with zero attached hydrogens (tertiary/aromatic N) is 1. The van der Waals surface area contributed by atoms with E-state index in [9.17, 15) is 4.79 Å². The first-order chi connectivity index (χ1) is 14.2. The lowest BCUT2D eigenvalue weighted by atomic mass is 9.95. The molecule has 29 heavy (non-hydrogen) atoms. The van der Waals surface area contributed by atoms with Gasteiger partial charge in [-0.15, -0.1) is 0 Å². The summed E-state index contributed by atoms with van der Waals surface area (Å²) in [7, 11) is 0. The molecule has 2 aromatic rings. The first kappa shape index (κ1) is 20.0. The number of piperidine rings is 1. The zero-order valence-electron chi connectivity index (χ0n) is 17.4. The van der Waals surface area contributed by atoms with Crippen LogP contribution < -0.4 is 10.1 Å². The van der Waals surface area contributed by atoms with E-state index in [-0.39, 0.29) is 11.8 Å². The quantitative estimate of drug-likeness (QED) is 0.738. The highest BCUT2D eigenvalue weighted by molar-refractivity contribution is 5.92. The van der Waals surface area contributed by atoms with Crippen LogP contribution in [0.15, 0.2) is 48.5 Å². The Morgan fingerprint density at radius 1 is 1.03 bits per heavy atom. The second-order valence-corrected chi connectivity index (χ2v) is 8.58. The van der Waals surface area contributed by atoms with Gasteiger partial charge in [-0.2, -0.15) is 0 Å². The van der Waals surface area contributed by atoms with Crippen LogP contribution in [0.3, 0.4) is 0 Å². The van der Waals surface area contributed by atoms with Crippen molar-refractivity contribution in [2.45, 2.75) is 58.1 Å². The number of ether oxygens (including phenoxy) is 1. The minimum Gasteiger partial charge on any atom is -0.490 e. The number of carbonyl (C=O) groups is 1. The van der Waals surface area contributed by atoms with Gasteiger partial charge in [0.2, 0.25) is 5.91 Å². The van der Waals surface area contributed by atoms with Crippen molar-refractivity contribution in [3.05, 3.63) is 59.7 Å². The molecule has 1 aliphatic heterocycles. The molecule has 4 heteroatoms. The smallest absolute Gasteiger partial charge is 0.227 e. The van der Waals surface area contributed by atoms with Gasteiger partial charge in [0.15, 0.2) is 0 Å². The molecule has 4 rings (SSSR count). The summed E-state index contributed by atoms with van der Waals surface area (Å²) in [6.45, 7) is 5.05. The van der Waals surface area contributed by atoms with Gasteiger partial charge in [-0.25, -0.2) is 0 Å². The number of benzene rings is 2. The van der Waals surface area contributed by atoms with E-state index in [2.05, 4.69) is 41.4 Å². The standard InChI is InChI=1S/C25H32N2O2/c1-19-5-4-6-20(17-19)18-27-15-13-21(14-16-27)25(28)26-22-9-11-24(12-10-22)29-23-7-2-3-8-23/h4-6,9-12,17,21,23H,2-3,7-8,13-16,18H2,1H3,(H,26,28). The summed E-state index contributed by atoms with van der Waals surface area (Å²) in [6, 6.07) is 16.5. The zero-order chi connectivity index (χ0) is 20.1. The molecule has 4 nitrogen and oxygen atoms in total. The van der Waals surface area contributed by atoms with Gasteiger partial charge in [-0.3, -0.25) is 9.69 Å². The van der Waals surface area contributed by atoms with Crippen molar-refractivity contribution < 1.29 is 9.53 Å². The molecule has 0 aromatic heterocycles. The molecule has 1 heterocycles. The number of likely N-dealkylation sites (tertiary alicyclic amines) is 1. The summed E-state index contributed by atoms with van der Waals surface area (Å²) >= 11 is 0. The van der Waals surface area contributed by atoms with E-state index >= 15 is 0 Å². The Morgan fingerprint density at radius 2 is 1.76 bits per heavy atom. The Balaban J connectivity index is 1.23. The summed E-state index contributed by atoms with van der Waals surface area (Å²) < 4.78 is 6.00. The Kier molecular flexibility index (Phi) is 6.50. The number of rotatable bonds is 6. The van der Waals surface area contributed by atoms with E-state index in [4.69, 9.17) is 4.74 Å². The second-order valence-electron chi connectivity index (χ2n) is 8.58. The van der Waals surface area contributed by atoms with E-state index in [1.807, 2.05) is 24.3 Å². The fourth-order valence-corrected chi connectivity index (χ4v) is 4.48. The van der Waals surface area contributed by atoms with Crippen LogP contribution in [0, 0.1) is 12.8 Å². The van der Waals surface area contributed by atoms with Crippen molar-refractivity contribution in [2.75, 3.05) is 18.4 Å². The predicted octanol–water partition coefficient (Wildman–Crippen LogP) is 5.17. The average Bonchev–Trinajstić information content (AvgIpc) is 3.23. The molecule has 1 N–H and O–H groups in total. The van der Waals surface area contributed by atoms with Gasteiger partial charge in [0.1, 0.15) is 5.75 Å². The lowest BCUT2D eigenvalue weighted by Gasteiger charge is -2.31. The van der Waals surface area contributed by atoms with Crippen LogP contribution in [0.5, 0.6) is 5.75 Å². The maximum atomic E-state index is 12.7. The molecule has 2 aromatic carbocycles. The first-order valence-electron chi connectivity index (χ1n) is 11.0. The van der Waals surface area contributed by atoms with Crippen LogP contribution in [0.2, 0.25) is 0 Å². The number of hydrogen-bond acceptors (Lipinski definition) is 3. The molecule has 2 aliphatic rings. The molecule has 0 radical (unpaired) electrons. The zero-order valence-corrected chi connectivity index (χ0v) is 17.4. The highest BCUT2D eigenvalue weighted by Gasteiger charge is 2.25. The summed E-state index contributed by atoms with van der Waals surface area (Å²) in [5.74, 6) is 1.14. The number of aryl methyl sites for hydroxylation is 1. The van der Waals surface area contributed by atoms with Crippen molar-refractivity contribution in [1.82, 2.24) is 4.90 Å². The maximum absolute atomic E-state index is 12.7. The summed E-state index contributed by atoms with van der Waals surface area (Å²) in [5, 5.41) is 3.09. The Bertz CT molecular complexity index is 804. The van der Waals surface area contributed by atoms with E-state index in [1.165, 1.54) is 24.0 Å². The highest BCUT2D eigenvalue weighted by atomic mass is 16.5. The van der Waals surface area contributed by atoms with Crippen LogP contribution in [-0.2, 0) is 11.3 Å². The third-order valence-electron chi connectivity index (χ3n) is 6.17. The largest absolute Gasteiger partial charge is 0.490 e. The number of nitrogens with one attached hydrogen (secondary N) is 1. The SMILES string of the molecule is Cc1cccc(CN2CCC(C(=O)Nc3ccc(OC4CCCC4)cc3)CC2)c1. The van der Waals surface area contributed by atoms with Gasteiger partial charge in [0.25, 0.3) is 0 Å². The summed E-state index contributed by atoms with van der Waals surface area (Å²) in [6.07, 6.45) is 7.04. The Hall–Kier alpha value is -2.33. The second kappa shape index (κ2) is 9.45. The number of hydrogen-bond donors (Lipinski definition) is 1. The average molecular weight is 393 g/mol. The van der Waals surface area contributed by atoms with Crippen LogP contribution in [0.1, 0.15) is 49.7 Å². The molecule has 0 spiro atoms. The van der Waals surface area contributed by atoms with Crippen molar-refractivity contribution >= 4 is 11.6 Å². The third-order valence-corrected chi connectivity index (χ3v) is 6.17. The van der Waals surface area contributed by atoms with Gasteiger partial charge in [0.05, 0.1) is 6.10 Å². The van der Waals surface area contributed by atoms with E-state index in [1.54, 1.807) is 0 Å². The molecule has 154 valence electrons. The van der Waals surface area contributed by atoms with Crippen LogP contribution in [0.25, 0.3) is 0 Å². The fourth-order valence-electron chi connectivity index (χ4n) is 4.48. The Labute approximate surface area is 174 Å². The predicted molar refractivity (Wildman–Crippen MR) is 117 cm³/mol. The molecule has 0 unspecified atom stereocenters. The summed E-state index contributed by atoms with van der Waals surface area (Å²) in [4.78, 5) is 15.1. The van der Waals surface area contributed by atoms with Crippen LogP contribution in [-0.4, -0.2) is 30.0 Å². The van der Waals surface area contributed by atoms with Gasteiger partial charge in [-0.05, 0) is 88.4 Å². The van der Waals surface area contributed by atoms with Crippen molar-refractivity contribution in [1.29, 1.82) is 0 Å². The lowest BCUT2D eigenvalue weighted by molar-refractivity contribution is -0.121.